The number of imidazole rings is 1. The first-order chi connectivity index (χ1) is 11.7. The van der Waals surface area contributed by atoms with E-state index in [0.29, 0.717) is 23.2 Å². The van der Waals surface area contributed by atoms with Crippen molar-refractivity contribution in [2.45, 2.75) is 24.4 Å². The molecule has 0 bridgehead atoms. The van der Waals surface area contributed by atoms with Crippen molar-refractivity contribution in [2.75, 3.05) is 6.61 Å². The Bertz CT molecular complexity index is 806. The molecule has 0 saturated heterocycles. The number of rotatable bonds is 7. The Labute approximate surface area is 140 Å². The lowest BCUT2D eigenvalue weighted by Crippen LogP contribution is -2.05. The molecule has 3 rings (SSSR count). The van der Waals surface area contributed by atoms with E-state index in [0.717, 1.165) is 4.57 Å². The van der Waals surface area contributed by atoms with Crippen LogP contribution in [0.25, 0.3) is 5.69 Å². The first kappa shape index (κ1) is 16.4. The second kappa shape index (κ2) is 7.39. The Morgan fingerprint density at radius 2 is 2.12 bits per heavy atom. The number of nitrogens with zero attached hydrogens (tertiary/aromatic N) is 6. The Hall–Kier alpha value is -2.49. The summed E-state index contributed by atoms with van der Waals surface area (Å²) in [7, 11) is 0. The van der Waals surface area contributed by atoms with E-state index in [2.05, 4.69) is 20.5 Å². The van der Waals surface area contributed by atoms with Crippen LogP contribution in [0, 0.1) is 0 Å². The van der Waals surface area contributed by atoms with Crippen LogP contribution >= 0.6 is 11.8 Å². The van der Waals surface area contributed by atoms with E-state index < -0.39 is 6.55 Å². The Morgan fingerprint density at radius 1 is 1.29 bits per heavy atom. The maximum Gasteiger partial charge on any atom is 0.319 e. The Balaban J connectivity index is 1.82. The van der Waals surface area contributed by atoms with Crippen molar-refractivity contribution in [1.29, 1.82) is 0 Å². The van der Waals surface area contributed by atoms with Crippen LogP contribution < -0.4 is 4.74 Å². The van der Waals surface area contributed by atoms with Crippen LogP contribution in [0.5, 0.6) is 5.75 Å². The predicted octanol–water partition coefficient (Wildman–Crippen LogP) is 2.94. The van der Waals surface area contributed by atoms with Gasteiger partial charge in [0.05, 0.1) is 12.4 Å². The second-order valence-corrected chi connectivity index (χ2v) is 5.53. The summed E-state index contributed by atoms with van der Waals surface area (Å²) in [5.74, 6) is 1.11. The number of ether oxygens (including phenoxy) is 1. The van der Waals surface area contributed by atoms with E-state index in [9.17, 15) is 8.78 Å². The van der Waals surface area contributed by atoms with Gasteiger partial charge in [-0.25, -0.2) is 4.98 Å². The summed E-state index contributed by atoms with van der Waals surface area (Å²) < 4.78 is 33.6. The first-order valence-corrected chi connectivity index (χ1v) is 8.12. The highest BCUT2D eigenvalue weighted by Crippen LogP contribution is 2.28. The summed E-state index contributed by atoms with van der Waals surface area (Å²) >= 11 is 1.22. The number of aromatic nitrogens is 6. The van der Waals surface area contributed by atoms with Gasteiger partial charge in [-0.1, -0.05) is 23.9 Å². The normalized spacial score (nSPS) is 11.2. The molecule has 0 atom stereocenters. The van der Waals surface area contributed by atoms with E-state index in [1.807, 2.05) is 31.2 Å². The molecule has 10 heteroatoms. The summed E-state index contributed by atoms with van der Waals surface area (Å²) in [6.07, 6.45) is 2.59. The van der Waals surface area contributed by atoms with Gasteiger partial charge >= 0.3 is 6.55 Å². The van der Waals surface area contributed by atoms with Crippen molar-refractivity contribution in [1.82, 2.24) is 29.8 Å². The number of hydrogen-bond donors (Lipinski definition) is 0. The van der Waals surface area contributed by atoms with Crippen LogP contribution in [-0.2, 0) is 5.75 Å². The molecule has 0 spiro atoms. The maximum atomic E-state index is 12.9. The van der Waals surface area contributed by atoms with E-state index >= 15 is 0 Å². The van der Waals surface area contributed by atoms with Crippen LogP contribution in [0.2, 0.25) is 0 Å². The van der Waals surface area contributed by atoms with Crippen molar-refractivity contribution in [3.05, 3.63) is 42.5 Å². The molecule has 0 radical (unpaired) electrons. The minimum atomic E-state index is -2.63. The standard InChI is InChI=1S/C14H14F2N6OS/c1-2-23-11-6-4-3-5-10(11)22-14(18-19-20-22)24-9-12-17-7-8-21(12)13(15)16/h3-8,13H,2,9H2,1H3. The molecule has 0 saturated carbocycles. The molecule has 0 amide bonds. The molecule has 0 aliphatic heterocycles. The Morgan fingerprint density at radius 3 is 2.92 bits per heavy atom. The molecule has 3 aromatic rings. The molecule has 0 aliphatic rings. The number of thioether (sulfide) groups is 1. The summed E-state index contributed by atoms with van der Waals surface area (Å²) in [6.45, 7) is -0.235. The van der Waals surface area contributed by atoms with Gasteiger partial charge in [0.15, 0.2) is 0 Å². The third-order valence-electron chi connectivity index (χ3n) is 3.12. The fourth-order valence-corrected chi connectivity index (χ4v) is 2.93. The fourth-order valence-electron chi connectivity index (χ4n) is 2.09. The highest BCUT2D eigenvalue weighted by Gasteiger charge is 2.16. The third-order valence-corrected chi connectivity index (χ3v) is 4.04. The van der Waals surface area contributed by atoms with E-state index in [4.69, 9.17) is 4.74 Å². The number of tetrazole rings is 1. The average molecular weight is 352 g/mol. The monoisotopic (exact) mass is 352 g/mol. The minimum Gasteiger partial charge on any atom is -0.492 e. The van der Waals surface area contributed by atoms with Crippen LogP contribution in [0.1, 0.15) is 19.3 Å². The van der Waals surface area contributed by atoms with E-state index in [-0.39, 0.29) is 11.6 Å². The van der Waals surface area contributed by atoms with Gasteiger partial charge in [-0.3, -0.25) is 4.57 Å². The van der Waals surface area contributed by atoms with Gasteiger partial charge in [0, 0.05) is 12.4 Å². The molecule has 2 heterocycles. The third kappa shape index (κ3) is 3.37. The van der Waals surface area contributed by atoms with Gasteiger partial charge in [0.25, 0.3) is 0 Å². The summed E-state index contributed by atoms with van der Waals surface area (Å²) in [4.78, 5) is 3.95. The number of benzene rings is 1. The largest absolute Gasteiger partial charge is 0.492 e. The van der Waals surface area contributed by atoms with Crippen molar-refractivity contribution in [3.8, 4) is 11.4 Å². The summed E-state index contributed by atoms with van der Waals surface area (Å²) in [5.41, 5.74) is 0.684. The Kier molecular flexibility index (Phi) is 5.04. The van der Waals surface area contributed by atoms with E-state index in [1.54, 1.807) is 0 Å². The fraction of sp³-hybridized carbons (Fsp3) is 0.286. The highest BCUT2D eigenvalue weighted by molar-refractivity contribution is 7.98. The molecule has 7 nitrogen and oxygen atoms in total. The molecule has 24 heavy (non-hydrogen) atoms. The average Bonchev–Trinajstić information content (AvgIpc) is 3.23. The van der Waals surface area contributed by atoms with Gasteiger partial charge in [-0.05, 0) is 29.5 Å². The number of alkyl halides is 2. The van der Waals surface area contributed by atoms with Gasteiger partial charge in [0.1, 0.15) is 17.3 Å². The lowest BCUT2D eigenvalue weighted by atomic mass is 10.3. The number of hydrogen-bond acceptors (Lipinski definition) is 6. The van der Waals surface area contributed by atoms with E-state index in [1.165, 1.54) is 28.8 Å². The van der Waals surface area contributed by atoms with Crippen LogP contribution in [0.4, 0.5) is 8.78 Å². The van der Waals surface area contributed by atoms with Gasteiger partial charge in [0.2, 0.25) is 5.16 Å². The van der Waals surface area contributed by atoms with Crippen molar-refractivity contribution in [3.63, 3.8) is 0 Å². The topological polar surface area (TPSA) is 70.7 Å². The zero-order valence-electron chi connectivity index (χ0n) is 12.7. The van der Waals surface area contributed by atoms with Crippen LogP contribution in [-0.4, -0.2) is 36.4 Å². The molecule has 2 aromatic heterocycles. The second-order valence-electron chi connectivity index (χ2n) is 4.59. The minimum absolute atomic E-state index is 0.217. The lowest BCUT2D eigenvalue weighted by Gasteiger charge is -2.10. The molecular formula is C14H14F2N6OS. The first-order valence-electron chi connectivity index (χ1n) is 7.14. The van der Waals surface area contributed by atoms with Crippen LogP contribution in [0.15, 0.2) is 41.8 Å². The molecule has 0 fully saturated rings. The van der Waals surface area contributed by atoms with Gasteiger partial charge in [-0.2, -0.15) is 13.5 Å². The SMILES string of the molecule is CCOc1ccccc1-n1nnnc1SCc1nccn1C(F)F. The molecule has 0 aliphatic carbocycles. The molecule has 0 N–H and O–H groups in total. The van der Waals surface area contributed by atoms with Crippen molar-refractivity contribution < 1.29 is 13.5 Å². The zero-order chi connectivity index (χ0) is 16.9. The lowest BCUT2D eigenvalue weighted by molar-refractivity contribution is 0.0678. The quantitative estimate of drug-likeness (QED) is 0.609. The molecule has 126 valence electrons. The van der Waals surface area contributed by atoms with Gasteiger partial charge < -0.3 is 4.74 Å². The maximum absolute atomic E-state index is 12.9. The summed E-state index contributed by atoms with van der Waals surface area (Å²) in [6, 6.07) is 7.34. The molecular weight excluding hydrogens is 338 g/mol. The number of para-hydroxylation sites is 2. The summed E-state index contributed by atoms with van der Waals surface area (Å²) in [5, 5.41) is 12.1. The molecule has 1 aromatic carbocycles. The van der Waals surface area contributed by atoms with Crippen LogP contribution in [0.3, 0.4) is 0 Å². The van der Waals surface area contributed by atoms with Gasteiger partial charge in [-0.15, -0.1) is 5.10 Å². The predicted molar refractivity (Wildman–Crippen MR) is 83.4 cm³/mol. The zero-order valence-corrected chi connectivity index (χ0v) is 13.5. The number of halogens is 2. The van der Waals surface area contributed by atoms with Crippen molar-refractivity contribution in [2.24, 2.45) is 0 Å². The highest BCUT2D eigenvalue weighted by atomic mass is 32.2. The van der Waals surface area contributed by atoms with Crippen molar-refractivity contribution >= 4 is 11.8 Å². The molecule has 0 unspecified atom stereocenters. The smallest absolute Gasteiger partial charge is 0.319 e.